The van der Waals surface area contributed by atoms with Gasteiger partial charge in [0.15, 0.2) is 0 Å². The lowest BCUT2D eigenvalue weighted by Gasteiger charge is -2.21. The van der Waals surface area contributed by atoms with Crippen LogP contribution in [0.5, 0.6) is 0 Å². The molecule has 0 bridgehead atoms. The normalized spacial score (nSPS) is 29.1. The van der Waals surface area contributed by atoms with Gasteiger partial charge in [0, 0.05) is 25.2 Å². The maximum absolute atomic E-state index is 11.6. The van der Waals surface area contributed by atoms with Crippen LogP contribution in [-0.2, 0) is 0 Å². The number of carbonyl (C=O) groups is 1. The van der Waals surface area contributed by atoms with E-state index in [0.717, 1.165) is 32.4 Å². The zero-order valence-electron chi connectivity index (χ0n) is 10.2. The van der Waals surface area contributed by atoms with E-state index in [9.17, 15) is 4.79 Å². The van der Waals surface area contributed by atoms with Crippen molar-refractivity contribution in [2.24, 2.45) is 0 Å². The molecule has 0 spiro atoms. The molecule has 2 aliphatic rings. The van der Waals surface area contributed by atoms with E-state index >= 15 is 0 Å². The molecule has 2 N–H and O–H groups in total. The fourth-order valence-corrected chi connectivity index (χ4v) is 2.85. The summed E-state index contributed by atoms with van der Waals surface area (Å²) in [6.07, 6.45) is 5.85. The van der Waals surface area contributed by atoms with Gasteiger partial charge in [-0.15, -0.1) is 0 Å². The van der Waals surface area contributed by atoms with Gasteiger partial charge in [0.2, 0.25) is 0 Å². The quantitative estimate of drug-likeness (QED) is 0.709. The van der Waals surface area contributed by atoms with Crippen LogP contribution in [0.2, 0.25) is 0 Å². The number of unbranched alkanes of at least 4 members (excludes halogenated alkanes) is 1. The van der Waals surface area contributed by atoms with Crippen molar-refractivity contribution < 1.29 is 4.79 Å². The van der Waals surface area contributed by atoms with Gasteiger partial charge in [-0.25, -0.2) is 4.79 Å². The Kier molecular flexibility index (Phi) is 4.04. The van der Waals surface area contributed by atoms with E-state index in [-0.39, 0.29) is 6.03 Å². The SMILES string of the molecule is CCCCNC(=O)NC1CCN2CCCC12. The van der Waals surface area contributed by atoms with Crippen LogP contribution in [0, 0.1) is 0 Å². The van der Waals surface area contributed by atoms with Crippen LogP contribution in [0.4, 0.5) is 4.79 Å². The van der Waals surface area contributed by atoms with E-state index in [2.05, 4.69) is 22.5 Å². The number of carbonyl (C=O) groups excluding carboxylic acids is 1. The van der Waals surface area contributed by atoms with Crippen LogP contribution in [0.3, 0.4) is 0 Å². The van der Waals surface area contributed by atoms with Gasteiger partial charge in [-0.3, -0.25) is 4.90 Å². The second-order valence-electron chi connectivity index (χ2n) is 4.89. The maximum atomic E-state index is 11.6. The average molecular weight is 225 g/mol. The molecule has 2 heterocycles. The number of urea groups is 1. The third-order valence-electron chi connectivity index (χ3n) is 3.74. The number of amides is 2. The molecule has 2 rings (SSSR count). The zero-order valence-corrected chi connectivity index (χ0v) is 10.2. The first-order valence-corrected chi connectivity index (χ1v) is 6.59. The summed E-state index contributed by atoms with van der Waals surface area (Å²) in [5.74, 6) is 0. The first-order chi connectivity index (χ1) is 7.81. The molecule has 0 aromatic carbocycles. The van der Waals surface area contributed by atoms with Crippen LogP contribution in [0.15, 0.2) is 0 Å². The van der Waals surface area contributed by atoms with Crippen LogP contribution in [0.1, 0.15) is 39.0 Å². The predicted molar refractivity (Wildman–Crippen MR) is 64.4 cm³/mol. The smallest absolute Gasteiger partial charge is 0.315 e. The highest BCUT2D eigenvalue weighted by atomic mass is 16.2. The fraction of sp³-hybridized carbons (Fsp3) is 0.917. The number of rotatable bonds is 4. The topological polar surface area (TPSA) is 44.4 Å². The van der Waals surface area contributed by atoms with Gasteiger partial charge in [0.05, 0.1) is 0 Å². The Bertz CT molecular complexity index is 244. The lowest BCUT2D eigenvalue weighted by atomic mass is 10.1. The molecule has 2 atom stereocenters. The first-order valence-electron chi connectivity index (χ1n) is 6.59. The summed E-state index contributed by atoms with van der Waals surface area (Å²) < 4.78 is 0. The number of hydrogen-bond acceptors (Lipinski definition) is 2. The van der Waals surface area contributed by atoms with Crippen molar-refractivity contribution in [1.82, 2.24) is 15.5 Å². The Morgan fingerprint density at radius 3 is 3.06 bits per heavy atom. The summed E-state index contributed by atoms with van der Waals surface area (Å²) in [5.41, 5.74) is 0. The number of nitrogens with one attached hydrogen (secondary N) is 2. The summed E-state index contributed by atoms with van der Waals surface area (Å²) >= 11 is 0. The van der Waals surface area contributed by atoms with Crippen molar-refractivity contribution in [1.29, 1.82) is 0 Å². The maximum Gasteiger partial charge on any atom is 0.315 e. The van der Waals surface area contributed by atoms with Gasteiger partial charge in [0.1, 0.15) is 0 Å². The van der Waals surface area contributed by atoms with E-state index in [1.54, 1.807) is 0 Å². The molecule has 2 unspecified atom stereocenters. The summed E-state index contributed by atoms with van der Waals surface area (Å²) in [7, 11) is 0. The largest absolute Gasteiger partial charge is 0.338 e. The minimum Gasteiger partial charge on any atom is -0.338 e. The van der Waals surface area contributed by atoms with Crippen LogP contribution >= 0.6 is 0 Å². The Hall–Kier alpha value is -0.770. The van der Waals surface area contributed by atoms with Crippen molar-refractivity contribution in [3.8, 4) is 0 Å². The standard InChI is InChI=1S/C12H23N3O/c1-2-3-7-13-12(16)14-10-6-9-15-8-4-5-11(10)15/h10-11H,2-9H2,1H3,(H2,13,14,16). The number of fused-ring (bicyclic) bond motifs is 1. The van der Waals surface area contributed by atoms with Gasteiger partial charge in [-0.2, -0.15) is 0 Å². The highest BCUT2D eigenvalue weighted by Gasteiger charge is 2.37. The van der Waals surface area contributed by atoms with Gasteiger partial charge >= 0.3 is 6.03 Å². The molecule has 0 aromatic rings. The molecule has 2 saturated heterocycles. The van der Waals surface area contributed by atoms with Gasteiger partial charge in [0.25, 0.3) is 0 Å². The third kappa shape index (κ3) is 2.67. The molecule has 4 nitrogen and oxygen atoms in total. The van der Waals surface area contributed by atoms with E-state index < -0.39 is 0 Å². The van der Waals surface area contributed by atoms with Crippen molar-refractivity contribution in [3.63, 3.8) is 0 Å². The molecule has 92 valence electrons. The predicted octanol–water partition coefficient (Wildman–Crippen LogP) is 1.32. The minimum absolute atomic E-state index is 0.0206. The molecular formula is C12H23N3O. The number of nitrogens with zero attached hydrogens (tertiary/aromatic N) is 1. The van der Waals surface area contributed by atoms with Crippen molar-refractivity contribution in [3.05, 3.63) is 0 Å². The highest BCUT2D eigenvalue weighted by Crippen LogP contribution is 2.27. The lowest BCUT2D eigenvalue weighted by molar-refractivity contribution is 0.231. The van der Waals surface area contributed by atoms with Gasteiger partial charge < -0.3 is 10.6 Å². The summed E-state index contributed by atoms with van der Waals surface area (Å²) in [4.78, 5) is 14.1. The molecule has 0 radical (unpaired) electrons. The van der Waals surface area contributed by atoms with Crippen molar-refractivity contribution >= 4 is 6.03 Å². The molecule has 0 saturated carbocycles. The van der Waals surface area contributed by atoms with Gasteiger partial charge in [-0.1, -0.05) is 13.3 Å². The molecule has 16 heavy (non-hydrogen) atoms. The van der Waals surface area contributed by atoms with Gasteiger partial charge in [-0.05, 0) is 32.2 Å². The molecule has 0 aliphatic carbocycles. The summed E-state index contributed by atoms with van der Waals surface area (Å²) in [6.45, 7) is 5.31. The van der Waals surface area contributed by atoms with E-state index in [0.29, 0.717) is 12.1 Å². The lowest BCUT2D eigenvalue weighted by Crippen LogP contribution is -2.47. The average Bonchev–Trinajstić information content (AvgIpc) is 2.83. The Morgan fingerprint density at radius 1 is 1.38 bits per heavy atom. The molecule has 2 fully saturated rings. The third-order valence-corrected chi connectivity index (χ3v) is 3.74. The minimum atomic E-state index is 0.0206. The molecular weight excluding hydrogens is 202 g/mol. The zero-order chi connectivity index (χ0) is 11.4. The Labute approximate surface area is 97.8 Å². The van der Waals surface area contributed by atoms with Crippen LogP contribution in [0.25, 0.3) is 0 Å². The van der Waals surface area contributed by atoms with E-state index in [4.69, 9.17) is 0 Å². The van der Waals surface area contributed by atoms with Crippen molar-refractivity contribution in [2.75, 3.05) is 19.6 Å². The molecule has 4 heteroatoms. The molecule has 0 aromatic heterocycles. The van der Waals surface area contributed by atoms with E-state index in [1.165, 1.54) is 19.4 Å². The van der Waals surface area contributed by atoms with Crippen LogP contribution < -0.4 is 10.6 Å². The Balaban J connectivity index is 1.70. The second-order valence-corrected chi connectivity index (χ2v) is 4.89. The molecule has 2 amide bonds. The summed E-state index contributed by atoms with van der Waals surface area (Å²) in [6, 6.07) is 1.01. The second kappa shape index (κ2) is 5.53. The van der Waals surface area contributed by atoms with Crippen LogP contribution in [-0.4, -0.2) is 42.6 Å². The monoisotopic (exact) mass is 225 g/mol. The summed E-state index contributed by atoms with van der Waals surface area (Å²) in [5, 5.41) is 6.04. The number of hydrogen-bond donors (Lipinski definition) is 2. The Morgan fingerprint density at radius 2 is 2.25 bits per heavy atom. The molecule has 2 aliphatic heterocycles. The van der Waals surface area contributed by atoms with E-state index in [1.807, 2.05) is 0 Å². The van der Waals surface area contributed by atoms with Crippen molar-refractivity contribution in [2.45, 2.75) is 51.1 Å². The highest BCUT2D eigenvalue weighted by molar-refractivity contribution is 5.74. The first kappa shape index (κ1) is 11.7. The fourth-order valence-electron chi connectivity index (χ4n) is 2.85.